The molecule has 1 heteroatoms. The van der Waals surface area contributed by atoms with E-state index in [1.807, 2.05) is 0 Å². The SMILES string of the molecule is CCCO[C@@H](C)CC(C)C. The van der Waals surface area contributed by atoms with Gasteiger partial charge in [0, 0.05) is 6.61 Å². The van der Waals surface area contributed by atoms with Crippen molar-refractivity contribution >= 4 is 0 Å². The Morgan fingerprint density at radius 3 is 2.20 bits per heavy atom. The second-order valence-electron chi connectivity index (χ2n) is 3.31. The zero-order chi connectivity index (χ0) is 7.98. The van der Waals surface area contributed by atoms with Crippen LogP contribution in [0.15, 0.2) is 0 Å². The summed E-state index contributed by atoms with van der Waals surface area (Å²) in [5.74, 6) is 0.756. The summed E-state index contributed by atoms with van der Waals surface area (Å²) in [6.45, 7) is 9.66. The lowest BCUT2D eigenvalue weighted by molar-refractivity contribution is 0.0525. The lowest BCUT2D eigenvalue weighted by Gasteiger charge is -2.13. The minimum atomic E-state index is 0.444. The highest BCUT2D eigenvalue weighted by Crippen LogP contribution is 2.07. The molecule has 0 bridgehead atoms. The third-order valence-corrected chi connectivity index (χ3v) is 1.41. The van der Waals surface area contributed by atoms with E-state index in [2.05, 4.69) is 27.7 Å². The van der Waals surface area contributed by atoms with Crippen LogP contribution in [0.1, 0.15) is 40.5 Å². The average molecular weight is 144 g/mol. The molecule has 1 nitrogen and oxygen atoms in total. The predicted octanol–water partition coefficient (Wildman–Crippen LogP) is 2.85. The van der Waals surface area contributed by atoms with E-state index in [0.29, 0.717) is 6.10 Å². The maximum absolute atomic E-state index is 5.50. The highest BCUT2D eigenvalue weighted by molar-refractivity contribution is 4.53. The predicted molar refractivity (Wildman–Crippen MR) is 45.2 cm³/mol. The van der Waals surface area contributed by atoms with E-state index in [0.717, 1.165) is 18.9 Å². The Bertz CT molecular complexity index is 69.1. The molecule has 0 saturated carbocycles. The van der Waals surface area contributed by atoms with Crippen molar-refractivity contribution in [2.24, 2.45) is 5.92 Å². The van der Waals surface area contributed by atoms with Gasteiger partial charge in [0.05, 0.1) is 6.10 Å². The third-order valence-electron chi connectivity index (χ3n) is 1.41. The number of rotatable bonds is 5. The molecule has 10 heavy (non-hydrogen) atoms. The molecule has 0 amide bonds. The summed E-state index contributed by atoms with van der Waals surface area (Å²) in [5, 5.41) is 0. The fraction of sp³-hybridized carbons (Fsp3) is 1.00. The number of hydrogen-bond donors (Lipinski definition) is 0. The number of ether oxygens (including phenoxy) is 1. The fourth-order valence-corrected chi connectivity index (χ4v) is 1.05. The Morgan fingerprint density at radius 1 is 1.20 bits per heavy atom. The minimum absolute atomic E-state index is 0.444. The van der Waals surface area contributed by atoms with Gasteiger partial charge in [-0.15, -0.1) is 0 Å². The molecule has 0 aliphatic heterocycles. The van der Waals surface area contributed by atoms with E-state index in [1.165, 1.54) is 6.42 Å². The van der Waals surface area contributed by atoms with Gasteiger partial charge < -0.3 is 4.74 Å². The molecular weight excluding hydrogens is 124 g/mol. The summed E-state index contributed by atoms with van der Waals surface area (Å²) in [7, 11) is 0. The normalized spacial score (nSPS) is 14.1. The molecule has 0 radical (unpaired) electrons. The second-order valence-corrected chi connectivity index (χ2v) is 3.31. The van der Waals surface area contributed by atoms with Gasteiger partial charge >= 0.3 is 0 Å². The van der Waals surface area contributed by atoms with Crippen LogP contribution >= 0.6 is 0 Å². The molecular formula is C9H20O. The molecule has 0 spiro atoms. The Morgan fingerprint density at radius 2 is 1.80 bits per heavy atom. The fourth-order valence-electron chi connectivity index (χ4n) is 1.05. The molecule has 0 aliphatic carbocycles. The van der Waals surface area contributed by atoms with Crippen LogP contribution in [0.3, 0.4) is 0 Å². The van der Waals surface area contributed by atoms with Crippen LogP contribution in [0.5, 0.6) is 0 Å². The highest BCUT2D eigenvalue weighted by Gasteiger charge is 2.03. The van der Waals surface area contributed by atoms with Gasteiger partial charge in [0.2, 0.25) is 0 Å². The first-order valence-corrected chi connectivity index (χ1v) is 4.28. The smallest absolute Gasteiger partial charge is 0.0549 e. The van der Waals surface area contributed by atoms with Crippen LogP contribution in [0.2, 0.25) is 0 Å². The van der Waals surface area contributed by atoms with Gasteiger partial charge in [-0.1, -0.05) is 20.8 Å². The topological polar surface area (TPSA) is 9.23 Å². The van der Waals surface area contributed by atoms with Crippen molar-refractivity contribution in [2.75, 3.05) is 6.61 Å². The molecule has 0 N–H and O–H groups in total. The van der Waals surface area contributed by atoms with E-state index < -0.39 is 0 Å². The molecule has 0 aromatic rings. The summed E-state index contributed by atoms with van der Waals surface area (Å²) in [4.78, 5) is 0. The van der Waals surface area contributed by atoms with Crippen LogP contribution in [0.25, 0.3) is 0 Å². The van der Waals surface area contributed by atoms with Gasteiger partial charge in [0.25, 0.3) is 0 Å². The number of hydrogen-bond acceptors (Lipinski definition) is 1. The molecule has 0 aromatic carbocycles. The molecule has 1 atom stereocenters. The maximum atomic E-state index is 5.50. The highest BCUT2D eigenvalue weighted by atomic mass is 16.5. The van der Waals surface area contributed by atoms with Gasteiger partial charge in [-0.05, 0) is 25.7 Å². The molecule has 0 fully saturated rings. The van der Waals surface area contributed by atoms with Gasteiger partial charge in [-0.25, -0.2) is 0 Å². The molecule has 0 heterocycles. The summed E-state index contributed by atoms with van der Waals surface area (Å²) in [5.41, 5.74) is 0. The Hall–Kier alpha value is -0.0400. The summed E-state index contributed by atoms with van der Waals surface area (Å²) in [6.07, 6.45) is 2.75. The van der Waals surface area contributed by atoms with E-state index in [9.17, 15) is 0 Å². The van der Waals surface area contributed by atoms with Crippen molar-refractivity contribution in [3.63, 3.8) is 0 Å². The summed E-state index contributed by atoms with van der Waals surface area (Å²) < 4.78 is 5.50. The van der Waals surface area contributed by atoms with Crippen molar-refractivity contribution in [3.8, 4) is 0 Å². The van der Waals surface area contributed by atoms with Crippen LogP contribution < -0.4 is 0 Å². The largest absolute Gasteiger partial charge is 0.379 e. The van der Waals surface area contributed by atoms with Crippen molar-refractivity contribution < 1.29 is 4.74 Å². The second kappa shape index (κ2) is 5.72. The van der Waals surface area contributed by atoms with E-state index in [-0.39, 0.29) is 0 Å². The monoisotopic (exact) mass is 144 g/mol. The molecule has 0 saturated heterocycles. The van der Waals surface area contributed by atoms with Crippen molar-refractivity contribution in [1.29, 1.82) is 0 Å². The third kappa shape index (κ3) is 6.09. The molecule has 62 valence electrons. The minimum Gasteiger partial charge on any atom is -0.379 e. The Kier molecular flexibility index (Phi) is 5.70. The van der Waals surface area contributed by atoms with Gasteiger partial charge in [0.15, 0.2) is 0 Å². The lowest BCUT2D eigenvalue weighted by Crippen LogP contribution is -2.11. The molecule has 0 unspecified atom stereocenters. The van der Waals surface area contributed by atoms with E-state index in [1.54, 1.807) is 0 Å². The average Bonchev–Trinajstić information content (AvgIpc) is 1.82. The molecule has 0 aliphatic rings. The van der Waals surface area contributed by atoms with Crippen molar-refractivity contribution in [1.82, 2.24) is 0 Å². The zero-order valence-corrected chi connectivity index (χ0v) is 7.68. The van der Waals surface area contributed by atoms with Crippen LogP contribution in [0.4, 0.5) is 0 Å². The molecule has 0 rings (SSSR count). The molecule has 0 aromatic heterocycles. The lowest BCUT2D eigenvalue weighted by atomic mass is 10.1. The van der Waals surface area contributed by atoms with E-state index >= 15 is 0 Å². The zero-order valence-electron chi connectivity index (χ0n) is 7.68. The maximum Gasteiger partial charge on any atom is 0.0549 e. The van der Waals surface area contributed by atoms with Gasteiger partial charge in [-0.3, -0.25) is 0 Å². The van der Waals surface area contributed by atoms with Crippen LogP contribution in [0, 0.1) is 5.92 Å². The first kappa shape index (κ1) is 9.96. The Labute approximate surface area is 64.8 Å². The van der Waals surface area contributed by atoms with E-state index in [4.69, 9.17) is 4.74 Å². The van der Waals surface area contributed by atoms with Gasteiger partial charge in [-0.2, -0.15) is 0 Å². The van der Waals surface area contributed by atoms with Crippen molar-refractivity contribution in [3.05, 3.63) is 0 Å². The Balaban J connectivity index is 3.16. The quantitative estimate of drug-likeness (QED) is 0.576. The standard InChI is InChI=1S/C9H20O/c1-5-6-10-9(4)7-8(2)3/h8-9H,5-7H2,1-4H3/t9-/m0/s1. The van der Waals surface area contributed by atoms with Gasteiger partial charge in [0.1, 0.15) is 0 Å². The van der Waals surface area contributed by atoms with Crippen molar-refractivity contribution in [2.45, 2.75) is 46.6 Å². The first-order chi connectivity index (χ1) is 4.66. The summed E-state index contributed by atoms with van der Waals surface area (Å²) in [6, 6.07) is 0. The first-order valence-electron chi connectivity index (χ1n) is 4.28. The van der Waals surface area contributed by atoms with Crippen LogP contribution in [-0.2, 0) is 4.74 Å². The van der Waals surface area contributed by atoms with Crippen LogP contribution in [-0.4, -0.2) is 12.7 Å². The summed E-state index contributed by atoms with van der Waals surface area (Å²) >= 11 is 0.